The Bertz CT molecular complexity index is 658. The lowest BCUT2D eigenvalue weighted by Gasteiger charge is -2.22. The molecule has 2 atom stereocenters. The quantitative estimate of drug-likeness (QED) is 0.851. The Hall–Kier alpha value is -1.73. The molecule has 2 aliphatic rings. The number of carbonyl (C=O) groups excluding carboxylic acids is 1. The Balaban J connectivity index is 1.78. The van der Waals surface area contributed by atoms with Gasteiger partial charge in [-0.05, 0) is 51.3 Å². The van der Waals surface area contributed by atoms with Crippen LogP contribution in [0.25, 0.3) is 0 Å². The number of benzene rings is 1. The number of rotatable bonds is 3. The van der Waals surface area contributed by atoms with E-state index in [1.807, 2.05) is 39.8 Å². The van der Waals surface area contributed by atoms with Gasteiger partial charge in [0.15, 0.2) is 0 Å². The van der Waals surface area contributed by atoms with Crippen LogP contribution in [0.4, 0.5) is 4.79 Å². The lowest BCUT2D eigenvalue weighted by molar-refractivity contribution is 0.0480. The second-order valence-electron chi connectivity index (χ2n) is 7.52. The molecule has 2 unspecified atom stereocenters. The molecular formula is C18H26BNO5. The monoisotopic (exact) mass is 347 g/mol. The zero-order chi connectivity index (χ0) is 18.2. The molecule has 2 heterocycles. The van der Waals surface area contributed by atoms with Gasteiger partial charge in [0.2, 0.25) is 0 Å². The standard InChI is InChI=1S/C18H26BNO5/c1-6-12-10-22-13-8-7-11(2)15-14(25-19(24-12)16(13)15)9-20-17(21)23-18(3,4)5/h7-8,12,14H,6,9-10H2,1-5H3,(H,20,21). The lowest BCUT2D eigenvalue weighted by atomic mass is 9.76. The number of nitrogens with one attached hydrogen (secondary N) is 1. The third-order valence-corrected chi connectivity index (χ3v) is 4.34. The van der Waals surface area contributed by atoms with Crippen LogP contribution in [0.2, 0.25) is 0 Å². The normalized spacial score (nSPS) is 22.0. The van der Waals surface area contributed by atoms with Crippen LogP contribution in [0.1, 0.15) is 51.3 Å². The number of amides is 1. The van der Waals surface area contributed by atoms with Gasteiger partial charge < -0.3 is 24.1 Å². The first-order valence-electron chi connectivity index (χ1n) is 8.82. The van der Waals surface area contributed by atoms with Crippen molar-refractivity contribution in [2.45, 2.75) is 58.8 Å². The van der Waals surface area contributed by atoms with Crippen LogP contribution >= 0.6 is 0 Å². The fourth-order valence-corrected chi connectivity index (χ4v) is 3.16. The van der Waals surface area contributed by atoms with Crippen molar-refractivity contribution in [3.63, 3.8) is 0 Å². The highest BCUT2D eigenvalue weighted by molar-refractivity contribution is 6.64. The van der Waals surface area contributed by atoms with Crippen molar-refractivity contribution in [3.8, 4) is 5.75 Å². The molecule has 3 rings (SSSR count). The molecule has 136 valence electrons. The Morgan fingerprint density at radius 3 is 2.80 bits per heavy atom. The molecule has 0 spiro atoms. The van der Waals surface area contributed by atoms with Crippen molar-refractivity contribution in [3.05, 3.63) is 23.3 Å². The zero-order valence-corrected chi connectivity index (χ0v) is 15.5. The first kappa shape index (κ1) is 18.1. The largest absolute Gasteiger partial charge is 0.498 e. The van der Waals surface area contributed by atoms with Gasteiger partial charge in [-0.3, -0.25) is 0 Å². The first-order chi connectivity index (χ1) is 11.8. The summed E-state index contributed by atoms with van der Waals surface area (Å²) in [6.45, 7) is 10.4. The predicted molar refractivity (Wildman–Crippen MR) is 95.3 cm³/mol. The fraction of sp³-hybridized carbons (Fsp3) is 0.611. The van der Waals surface area contributed by atoms with E-state index in [0.717, 1.165) is 28.8 Å². The maximum Gasteiger partial charge on any atom is 0.498 e. The topological polar surface area (TPSA) is 66.0 Å². The molecule has 6 nitrogen and oxygen atoms in total. The van der Waals surface area contributed by atoms with Gasteiger partial charge in [0.1, 0.15) is 18.0 Å². The summed E-state index contributed by atoms with van der Waals surface area (Å²) in [7, 11) is -0.456. The van der Waals surface area contributed by atoms with E-state index in [-0.39, 0.29) is 12.2 Å². The van der Waals surface area contributed by atoms with Crippen molar-refractivity contribution in [2.75, 3.05) is 13.2 Å². The summed E-state index contributed by atoms with van der Waals surface area (Å²) < 4.78 is 23.4. The fourth-order valence-electron chi connectivity index (χ4n) is 3.16. The van der Waals surface area contributed by atoms with Crippen molar-refractivity contribution in [1.82, 2.24) is 5.32 Å². The number of alkyl carbamates (subject to hydrolysis) is 1. The van der Waals surface area contributed by atoms with E-state index in [1.165, 1.54) is 0 Å². The summed E-state index contributed by atoms with van der Waals surface area (Å²) in [4.78, 5) is 12.0. The van der Waals surface area contributed by atoms with E-state index in [9.17, 15) is 4.79 Å². The minimum atomic E-state index is -0.531. The molecule has 1 N–H and O–H groups in total. The third kappa shape index (κ3) is 3.93. The van der Waals surface area contributed by atoms with E-state index in [1.54, 1.807) is 0 Å². The number of hydrogen-bond donors (Lipinski definition) is 1. The van der Waals surface area contributed by atoms with Gasteiger partial charge in [-0.15, -0.1) is 0 Å². The van der Waals surface area contributed by atoms with Gasteiger partial charge in [-0.2, -0.15) is 0 Å². The van der Waals surface area contributed by atoms with Crippen molar-refractivity contribution < 1.29 is 23.6 Å². The Morgan fingerprint density at radius 1 is 1.36 bits per heavy atom. The molecule has 0 fully saturated rings. The summed E-state index contributed by atoms with van der Waals surface area (Å²) in [5, 5.41) is 2.79. The highest BCUT2D eigenvalue weighted by Crippen LogP contribution is 2.33. The van der Waals surface area contributed by atoms with Crippen LogP contribution in [0.5, 0.6) is 5.75 Å². The molecule has 7 heteroatoms. The molecule has 0 saturated carbocycles. The third-order valence-electron chi connectivity index (χ3n) is 4.34. The van der Waals surface area contributed by atoms with Crippen LogP contribution < -0.4 is 15.5 Å². The maximum atomic E-state index is 12.0. The zero-order valence-electron chi connectivity index (χ0n) is 15.5. The Morgan fingerprint density at radius 2 is 2.12 bits per heavy atom. The Kier molecular flexibility index (Phi) is 4.98. The maximum absolute atomic E-state index is 12.0. The SMILES string of the molecule is CCC1COc2ccc(C)c3c2B(O1)OC3CNC(=O)OC(C)(C)C. The summed E-state index contributed by atoms with van der Waals surface area (Å²) in [6.07, 6.45) is 0.101. The molecule has 1 aromatic carbocycles. The van der Waals surface area contributed by atoms with Gasteiger partial charge in [0, 0.05) is 12.0 Å². The molecule has 1 aromatic rings. The number of carbonyl (C=O) groups is 1. The van der Waals surface area contributed by atoms with Gasteiger partial charge >= 0.3 is 13.2 Å². The van der Waals surface area contributed by atoms with E-state index in [2.05, 4.69) is 12.2 Å². The minimum Gasteiger partial charge on any atom is -0.491 e. The highest BCUT2D eigenvalue weighted by Gasteiger charge is 2.44. The minimum absolute atomic E-state index is 0.0110. The van der Waals surface area contributed by atoms with Gasteiger partial charge in [0.25, 0.3) is 0 Å². The summed E-state index contributed by atoms with van der Waals surface area (Å²) in [5.74, 6) is 0.807. The molecule has 0 saturated heterocycles. The van der Waals surface area contributed by atoms with E-state index < -0.39 is 18.8 Å². The average Bonchev–Trinajstić information content (AvgIpc) is 2.79. The molecule has 0 bridgehead atoms. The van der Waals surface area contributed by atoms with Crippen LogP contribution in [0.15, 0.2) is 12.1 Å². The summed E-state index contributed by atoms with van der Waals surface area (Å²) in [6, 6.07) is 3.99. The van der Waals surface area contributed by atoms with Crippen LogP contribution in [-0.4, -0.2) is 38.1 Å². The van der Waals surface area contributed by atoms with Gasteiger partial charge in [0.05, 0.1) is 12.2 Å². The number of ether oxygens (including phenoxy) is 2. The molecule has 0 aliphatic carbocycles. The second kappa shape index (κ2) is 6.88. The molecule has 25 heavy (non-hydrogen) atoms. The van der Waals surface area contributed by atoms with Crippen LogP contribution in [0, 0.1) is 6.92 Å². The average molecular weight is 347 g/mol. The van der Waals surface area contributed by atoms with Crippen molar-refractivity contribution >= 4 is 18.7 Å². The number of aryl methyl sites for hydroxylation is 1. The molecule has 0 aromatic heterocycles. The Labute approximate surface area is 149 Å². The van der Waals surface area contributed by atoms with Crippen LogP contribution in [0.3, 0.4) is 0 Å². The molecule has 2 aliphatic heterocycles. The molecular weight excluding hydrogens is 321 g/mol. The van der Waals surface area contributed by atoms with E-state index >= 15 is 0 Å². The molecule has 1 amide bonds. The smallest absolute Gasteiger partial charge is 0.491 e. The van der Waals surface area contributed by atoms with Gasteiger partial charge in [-0.25, -0.2) is 4.79 Å². The van der Waals surface area contributed by atoms with E-state index in [4.69, 9.17) is 18.8 Å². The molecule has 0 radical (unpaired) electrons. The van der Waals surface area contributed by atoms with Gasteiger partial charge in [-0.1, -0.05) is 13.0 Å². The van der Waals surface area contributed by atoms with E-state index in [0.29, 0.717) is 13.2 Å². The predicted octanol–water partition coefficient (Wildman–Crippen LogP) is 2.47. The first-order valence-corrected chi connectivity index (χ1v) is 8.82. The summed E-state index contributed by atoms with van der Waals surface area (Å²) >= 11 is 0. The van der Waals surface area contributed by atoms with Crippen molar-refractivity contribution in [1.29, 1.82) is 0 Å². The lowest BCUT2D eigenvalue weighted by Crippen LogP contribution is -2.36. The highest BCUT2D eigenvalue weighted by atomic mass is 16.6. The number of hydrogen-bond acceptors (Lipinski definition) is 5. The second-order valence-corrected chi connectivity index (χ2v) is 7.52. The summed E-state index contributed by atoms with van der Waals surface area (Å²) in [5.41, 5.74) is 2.55. The van der Waals surface area contributed by atoms with Crippen LogP contribution in [-0.2, 0) is 14.0 Å². The van der Waals surface area contributed by atoms with Crippen molar-refractivity contribution in [2.24, 2.45) is 0 Å².